The van der Waals surface area contributed by atoms with Crippen LogP contribution in [-0.2, 0) is 19.1 Å². The van der Waals surface area contributed by atoms with Crippen LogP contribution in [0.2, 0.25) is 0 Å². The van der Waals surface area contributed by atoms with Gasteiger partial charge in [-0.25, -0.2) is 4.79 Å². The molecule has 0 bridgehead atoms. The van der Waals surface area contributed by atoms with Gasteiger partial charge < -0.3 is 26.0 Å². The maximum Gasteiger partial charge on any atom is 0.408 e. The van der Waals surface area contributed by atoms with Crippen molar-refractivity contribution in [2.45, 2.75) is 85.0 Å². The van der Waals surface area contributed by atoms with Crippen molar-refractivity contribution in [2.75, 3.05) is 5.32 Å². The van der Waals surface area contributed by atoms with Crippen molar-refractivity contribution in [1.29, 1.82) is 0 Å². The fraction of sp³-hybridized carbons (Fsp3) is 0.419. The molecule has 2 unspecified atom stereocenters. The van der Waals surface area contributed by atoms with Gasteiger partial charge in [0.1, 0.15) is 17.7 Å². The van der Waals surface area contributed by atoms with E-state index in [1.54, 1.807) is 58.9 Å². The molecule has 4 amide bonds. The normalized spacial score (nSPS) is 12.6. The third-order valence-corrected chi connectivity index (χ3v) is 6.13. The van der Waals surface area contributed by atoms with E-state index in [0.717, 1.165) is 11.1 Å². The first-order valence-corrected chi connectivity index (χ1v) is 13.2. The van der Waals surface area contributed by atoms with Crippen LogP contribution in [-0.4, -0.2) is 46.4 Å². The number of carbonyl (C=O) groups is 4. The molecule has 2 rings (SSSR count). The zero-order chi connectivity index (χ0) is 30.2. The molecule has 0 radical (unpaired) electrons. The predicted octanol–water partition coefficient (Wildman–Crippen LogP) is 4.36. The highest BCUT2D eigenvalue weighted by Gasteiger charge is 2.38. The summed E-state index contributed by atoms with van der Waals surface area (Å²) in [5.74, 6) is 0.910. The lowest BCUT2D eigenvalue weighted by atomic mass is 9.98. The minimum atomic E-state index is -1.18. The molecule has 0 aliphatic rings. The number of benzene rings is 2. The van der Waals surface area contributed by atoms with Crippen molar-refractivity contribution in [3.8, 4) is 12.3 Å². The number of nitrogens with zero attached hydrogens (tertiary/aromatic N) is 1. The Morgan fingerprint density at radius 1 is 1.02 bits per heavy atom. The Morgan fingerprint density at radius 2 is 1.60 bits per heavy atom. The number of rotatable bonds is 10. The van der Waals surface area contributed by atoms with Crippen molar-refractivity contribution in [2.24, 2.45) is 5.73 Å². The molecule has 0 heterocycles. The minimum absolute atomic E-state index is 0.0715. The first-order chi connectivity index (χ1) is 18.6. The predicted molar refractivity (Wildman–Crippen MR) is 155 cm³/mol. The van der Waals surface area contributed by atoms with Gasteiger partial charge in [0.25, 0.3) is 5.91 Å². The molecule has 214 valence electrons. The third kappa shape index (κ3) is 8.87. The van der Waals surface area contributed by atoms with Gasteiger partial charge in [0.05, 0.1) is 0 Å². The Kier molecular flexibility index (Phi) is 10.9. The Hall–Kier alpha value is -4.32. The van der Waals surface area contributed by atoms with Crippen LogP contribution >= 0.6 is 0 Å². The summed E-state index contributed by atoms with van der Waals surface area (Å²) in [6.07, 6.45) is 4.48. The highest BCUT2D eigenvalue weighted by Crippen LogP contribution is 2.29. The number of aryl methyl sites for hydroxylation is 2. The Balaban J connectivity index is 2.58. The van der Waals surface area contributed by atoms with Crippen LogP contribution in [0.15, 0.2) is 42.5 Å². The molecule has 40 heavy (non-hydrogen) atoms. The number of terminal acetylenes is 1. The van der Waals surface area contributed by atoms with Crippen molar-refractivity contribution >= 4 is 29.5 Å². The summed E-state index contributed by atoms with van der Waals surface area (Å²) in [5.41, 5.74) is 8.06. The molecule has 0 saturated carbocycles. The van der Waals surface area contributed by atoms with E-state index < -0.39 is 47.5 Å². The second kappa shape index (κ2) is 13.7. The van der Waals surface area contributed by atoms with Gasteiger partial charge >= 0.3 is 6.09 Å². The lowest BCUT2D eigenvalue weighted by Crippen LogP contribution is -2.54. The summed E-state index contributed by atoms with van der Waals surface area (Å²) in [4.78, 5) is 53.8. The average molecular weight is 549 g/mol. The number of hydrogen-bond donors (Lipinski definition) is 3. The number of amides is 4. The van der Waals surface area contributed by atoms with Gasteiger partial charge in [-0.3, -0.25) is 14.4 Å². The molecular formula is C31H40N4O5. The molecule has 2 atom stereocenters. The van der Waals surface area contributed by atoms with Crippen molar-refractivity contribution in [3.05, 3.63) is 64.7 Å². The largest absolute Gasteiger partial charge is 0.444 e. The van der Waals surface area contributed by atoms with Crippen molar-refractivity contribution < 1.29 is 23.9 Å². The van der Waals surface area contributed by atoms with Gasteiger partial charge in [-0.05, 0) is 83.7 Å². The number of nitrogens with two attached hydrogens (primary N) is 1. The minimum Gasteiger partial charge on any atom is -0.444 e. The number of anilines is 1. The first kappa shape index (κ1) is 31.9. The smallest absolute Gasteiger partial charge is 0.408 e. The van der Waals surface area contributed by atoms with Crippen LogP contribution in [0.25, 0.3) is 0 Å². The molecule has 0 aliphatic heterocycles. The Morgan fingerprint density at radius 3 is 2.08 bits per heavy atom. The number of alkyl carbamates (subject to hydrolysis) is 1. The van der Waals surface area contributed by atoms with E-state index >= 15 is 0 Å². The number of primary amides is 1. The molecular weight excluding hydrogens is 508 g/mol. The monoisotopic (exact) mass is 548 g/mol. The summed E-state index contributed by atoms with van der Waals surface area (Å²) in [6, 6.07) is 9.71. The van der Waals surface area contributed by atoms with Crippen molar-refractivity contribution in [1.82, 2.24) is 10.2 Å². The van der Waals surface area contributed by atoms with E-state index in [1.807, 2.05) is 32.0 Å². The molecule has 2 aromatic carbocycles. The summed E-state index contributed by atoms with van der Waals surface area (Å²) in [5, 5.41) is 5.57. The molecule has 0 spiro atoms. The van der Waals surface area contributed by atoms with Gasteiger partial charge in [-0.1, -0.05) is 36.3 Å². The number of hydrogen-bond acceptors (Lipinski definition) is 5. The molecule has 0 fully saturated rings. The van der Waals surface area contributed by atoms with Crippen LogP contribution in [0.5, 0.6) is 0 Å². The van der Waals surface area contributed by atoms with Crippen molar-refractivity contribution in [3.63, 3.8) is 0 Å². The second-order valence-corrected chi connectivity index (χ2v) is 11.0. The van der Waals surface area contributed by atoms with Crippen LogP contribution in [0.3, 0.4) is 0 Å². The fourth-order valence-corrected chi connectivity index (χ4v) is 4.26. The first-order valence-electron chi connectivity index (χ1n) is 13.2. The van der Waals surface area contributed by atoms with E-state index in [1.165, 1.54) is 4.90 Å². The van der Waals surface area contributed by atoms with Gasteiger partial charge in [0.15, 0.2) is 0 Å². The van der Waals surface area contributed by atoms with Crippen LogP contribution in [0, 0.1) is 26.2 Å². The summed E-state index contributed by atoms with van der Waals surface area (Å²) in [6.45, 7) is 12.4. The maximum atomic E-state index is 14.1. The van der Waals surface area contributed by atoms with E-state index in [-0.39, 0.29) is 12.8 Å². The standard InChI is InChI=1S/C31H40N4O5/c1-9-22-13-15-23(16-14-22)27(28(37)34-26-20(4)11-10-12-21(26)5)35(19(2)3)29(38)24(17-18-25(32)36)33-30(39)40-31(6,7)8/h1,10-16,19,24,27H,17-18H2,2-8H3,(H2,32,36)(H,33,39)(H,34,37). The number of ether oxygens (including phenoxy) is 1. The highest BCUT2D eigenvalue weighted by molar-refractivity contribution is 6.00. The molecule has 2 aromatic rings. The quantitative estimate of drug-likeness (QED) is 0.380. The van der Waals surface area contributed by atoms with Crippen LogP contribution < -0.4 is 16.4 Å². The molecule has 0 aromatic heterocycles. The topological polar surface area (TPSA) is 131 Å². The molecule has 0 saturated heterocycles. The van der Waals surface area contributed by atoms with Gasteiger partial charge in [0.2, 0.25) is 11.8 Å². The zero-order valence-corrected chi connectivity index (χ0v) is 24.3. The Bertz CT molecular complexity index is 1250. The molecule has 9 nitrogen and oxygen atoms in total. The van der Waals surface area contributed by atoms with Gasteiger partial charge in [-0.15, -0.1) is 6.42 Å². The molecule has 4 N–H and O–H groups in total. The number of nitrogens with one attached hydrogen (secondary N) is 2. The lowest BCUT2D eigenvalue weighted by Gasteiger charge is -2.37. The molecule has 0 aliphatic carbocycles. The van der Waals surface area contributed by atoms with Crippen LogP contribution in [0.4, 0.5) is 10.5 Å². The second-order valence-electron chi connectivity index (χ2n) is 11.0. The average Bonchev–Trinajstić information content (AvgIpc) is 2.85. The van der Waals surface area contributed by atoms with Gasteiger partial charge in [-0.2, -0.15) is 0 Å². The van der Waals surface area contributed by atoms with E-state index in [9.17, 15) is 19.2 Å². The van der Waals surface area contributed by atoms with Gasteiger partial charge in [0, 0.05) is 23.7 Å². The van der Waals surface area contributed by atoms with Crippen LogP contribution in [0.1, 0.15) is 75.8 Å². The summed E-state index contributed by atoms with van der Waals surface area (Å²) < 4.78 is 5.35. The third-order valence-electron chi connectivity index (χ3n) is 6.13. The number of carbonyl (C=O) groups excluding carboxylic acids is 4. The van der Waals surface area contributed by atoms with E-state index in [4.69, 9.17) is 16.9 Å². The molecule has 9 heteroatoms. The number of para-hydroxylation sites is 1. The lowest BCUT2D eigenvalue weighted by molar-refractivity contribution is -0.143. The van der Waals surface area contributed by atoms with E-state index in [0.29, 0.717) is 16.8 Å². The zero-order valence-electron chi connectivity index (χ0n) is 24.3. The maximum absolute atomic E-state index is 14.1. The van der Waals surface area contributed by atoms with E-state index in [2.05, 4.69) is 16.6 Å². The Labute approximate surface area is 236 Å². The highest BCUT2D eigenvalue weighted by atomic mass is 16.6. The summed E-state index contributed by atoms with van der Waals surface area (Å²) >= 11 is 0. The SMILES string of the molecule is C#Cc1ccc(C(C(=O)Nc2c(C)cccc2C)N(C(=O)C(CCC(N)=O)NC(=O)OC(C)(C)C)C(C)C)cc1. The summed E-state index contributed by atoms with van der Waals surface area (Å²) in [7, 11) is 0. The fourth-order valence-electron chi connectivity index (χ4n) is 4.26.